The second kappa shape index (κ2) is 5.71. The van der Waals surface area contributed by atoms with Gasteiger partial charge in [0.05, 0.1) is 5.56 Å². The Morgan fingerprint density at radius 2 is 1.70 bits per heavy atom. The minimum Gasteiger partial charge on any atom is -0.298 e. The Hall–Kier alpha value is -1.75. The molecule has 5 heteroatoms. The van der Waals surface area contributed by atoms with Crippen molar-refractivity contribution in [2.75, 3.05) is 0 Å². The van der Waals surface area contributed by atoms with E-state index >= 15 is 0 Å². The molecule has 0 saturated carbocycles. The van der Waals surface area contributed by atoms with Crippen LogP contribution in [0.1, 0.15) is 21.5 Å². The lowest BCUT2D eigenvalue weighted by Gasteiger charge is -2.10. The van der Waals surface area contributed by atoms with Crippen molar-refractivity contribution in [1.82, 2.24) is 0 Å². The van der Waals surface area contributed by atoms with E-state index in [-0.39, 0.29) is 5.56 Å². The number of aldehydes is 1. The van der Waals surface area contributed by atoms with Crippen LogP contribution in [0.4, 0.5) is 13.2 Å². The average Bonchev–Trinajstić information content (AvgIpc) is 2.40. The van der Waals surface area contributed by atoms with Crippen molar-refractivity contribution in [3.05, 3.63) is 59.2 Å². The zero-order chi connectivity index (χ0) is 14.8. The fourth-order valence-electron chi connectivity index (χ4n) is 1.63. The minimum atomic E-state index is -4.41. The first-order valence-electron chi connectivity index (χ1n) is 5.81. The van der Waals surface area contributed by atoms with Crippen LogP contribution in [0, 0.1) is 6.92 Å². The average molecular weight is 296 g/mol. The van der Waals surface area contributed by atoms with E-state index in [9.17, 15) is 18.0 Å². The van der Waals surface area contributed by atoms with Crippen LogP contribution in [0.5, 0.6) is 0 Å². The summed E-state index contributed by atoms with van der Waals surface area (Å²) in [7, 11) is 0. The van der Waals surface area contributed by atoms with Gasteiger partial charge in [-0.2, -0.15) is 13.2 Å². The minimum absolute atomic E-state index is 0.253. The van der Waals surface area contributed by atoms with Crippen LogP contribution < -0.4 is 0 Å². The van der Waals surface area contributed by atoms with Gasteiger partial charge in [0, 0.05) is 15.4 Å². The highest BCUT2D eigenvalue weighted by Crippen LogP contribution is 2.36. The molecule has 0 heterocycles. The number of rotatable bonds is 3. The van der Waals surface area contributed by atoms with Crippen molar-refractivity contribution in [3.8, 4) is 0 Å². The topological polar surface area (TPSA) is 17.1 Å². The van der Waals surface area contributed by atoms with Gasteiger partial charge >= 0.3 is 6.18 Å². The van der Waals surface area contributed by atoms with E-state index in [0.717, 1.165) is 34.4 Å². The lowest BCUT2D eigenvalue weighted by molar-refractivity contribution is -0.137. The third-order valence-corrected chi connectivity index (χ3v) is 3.80. The van der Waals surface area contributed by atoms with Gasteiger partial charge in [0.1, 0.15) is 0 Å². The fourth-order valence-corrected chi connectivity index (χ4v) is 2.58. The van der Waals surface area contributed by atoms with E-state index in [1.807, 2.05) is 31.2 Å². The van der Waals surface area contributed by atoms with Crippen molar-refractivity contribution in [2.24, 2.45) is 0 Å². The molecule has 104 valence electrons. The van der Waals surface area contributed by atoms with Gasteiger partial charge in [0.25, 0.3) is 0 Å². The van der Waals surface area contributed by atoms with Gasteiger partial charge in [0.15, 0.2) is 6.29 Å². The van der Waals surface area contributed by atoms with Crippen LogP contribution >= 0.6 is 11.8 Å². The zero-order valence-corrected chi connectivity index (χ0v) is 11.4. The predicted octanol–water partition coefficient (Wildman–Crippen LogP) is 4.98. The molecular formula is C15H11F3OS. The maximum absolute atomic E-state index is 12.7. The number of hydrogen-bond donors (Lipinski definition) is 0. The summed E-state index contributed by atoms with van der Waals surface area (Å²) >= 11 is 1.15. The molecule has 0 aliphatic carbocycles. The fraction of sp³-hybridized carbons (Fsp3) is 0.133. The maximum atomic E-state index is 12.7. The van der Waals surface area contributed by atoms with Gasteiger partial charge in [-0.05, 0) is 37.3 Å². The zero-order valence-electron chi connectivity index (χ0n) is 10.6. The highest BCUT2D eigenvalue weighted by molar-refractivity contribution is 7.99. The van der Waals surface area contributed by atoms with Gasteiger partial charge in [-0.25, -0.2) is 0 Å². The standard InChI is InChI=1S/C15H11F3OS/c1-10-2-6-13(7-3-10)20-14-8-12(15(16,17)18)5-4-11(14)9-19/h2-9H,1H3. The molecule has 1 nitrogen and oxygen atoms in total. The molecule has 0 unspecified atom stereocenters. The summed E-state index contributed by atoms with van der Waals surface area (Å²) in [6.07, 6.45) is -3.85. The molecule has 2 aromatic carbocycles. The molecule has 2 aromatic rings. The number of benzene rings is 2. The highest BCUT2D eigenvalue weighted by Gasteiger charge is 2.31. The molecule has 0 aliphatic rings. The summed E-state index contributed by atoms with van der Waals surface area (Å²) < 4.78 is 38.1. The summed E-state index contributed by atoms with van der Waals surface area (Å²) in [6, 6.07) is 10.5. The molecule has 20 heavy (non-hydrogen) atoms. The van der Waals surface area contributed by atoms with Crippen LogP contribution in [0.25, 0.3) is 0 Å². The molecular weight excluding hydrogens is 285 g/mol. The van der Waals surface area contributed by atoms with E-state index < -0.39 is 11.7 Å². The Morgan fingerprint density at radius 1 is 1.05 bits per heavy atom. The summed E-state index contributed by atoms with van der Waals surface area (Å²) in [5, 5.41) is 0. The Bertz CT molecular complexity index is 618. The SMILES string of the molecule is Cc1ccc(Sc2cc(C(F)(F)F)ccc2C=O)cc1. The summed E-state index contributed by atoms with van der Waals surface area (Å²) in [5.41, 5.74) is 0.565. The quantitative estimate of drug-likeness (QED) is 0.743. The summed E-state index contributed by atoms with van der Waals surface area (Å²) in [5.74, 6) is 0. The van der Waals surface area contributed by atoms with Crippen LogP contribution in [0.2, 0.25) is 0 Å². The maximum Gasteiger partial charge on any atom is 0.416 e. The van der Waals surface area contributed by atoms with Crippen molar-refractivity contribution in [1.29, 1.82) is 0 Å². The monoisotopic (exact) mass is 296 g/mol. The molecule has 0 radical (unpaired) electrons. The molecule has 0 aliphatic heterocycles. The normalized spacial score (nSPS) is 11.4. The first kappa shape index (κ1) is 14.7. The molecule has 0 N–H and O–H groups in total. The van der Waals surface area contributed by atoms with Gasteiger partial charge in [-0.3, -0.25) is 4.79 Å². The van der Waals surface area contributed by atoms with E-state index in [2.05, 4.69) is 0 Å². The molecule has 0 atom stereocenters. The van der Waals surface area contributed by atoms with Gasteiger partial charge < -0.3 is 0 Å². The predicted molar refractivity (Wildman–Crippen MR) is 72.1 cm³/mol. The number of alkyl halides is 3. The first-order valence-corrected chi connectivity index (χ1v) is 6.63. The van der Waals surface area contributed by atoms with Gasteiger partial charge in [0.2, 0.25) is 0 Å². The smallest absolute Gasteiger partial charge is 0.298 e. The van der Waals surface area contributed by atoms with Gasteiger partial charge in [-0.15, -0.1) is 0 Å². The molecule has 0 aromatic heterocycles. The lowest BCUT2D eigenvalue weighted by atomic mass is 10.1. The van der Waals surface area contributed by atoms with Crippen molar-refractivity contribution >= 4 is 18.0 Å². The Kier molecular flexibility index (Phi) is 4.18. The highest BCUT2D eigenvalue weighted by atomic mass is 32.2. The molecule has 0 bridgehead atoms. The Labute approximate surface area is 118 Å². The van der Waals surface area contributed by atoms with E-state index in [1.165, 1.54) is 6.07 Å². The second-order valence-electron chi connectivity index (χ2n) is 4.28. The van der Waals surface area contributed by atoms with Crippen LogP contribution in [0.15, 0.2) is 52.3 Å². The largest absolute Gasteiger partial charge is 0.416 e. The molecule has 0 saturated heterocycles. The number of carbonyl (C=O) groups excluding carboxylic acids is 1. The van der Waals surface area contributed by atoms with Crippen molar-refractivity contribution < 1.29 is 18.0 Å². The molecule has 0 fully saturated rings. The van der Waals surface area contributed by atoms with E-state index in [4.69, 9.17) is 0 Å². The lowest BCUT2D eigenvalue weighted by Crippen LogP contribution is -2.05. The summed E-state index contributed by atoms with van der Waals surface area (Å²) in [4.78, 5) is 12.0. The number of halogens is 3. The third kappa shape index (κ3) is 3.42. The van der Waals surface area contributed by atoms with Crippen LogP contribution in [-0.4, -0.2) is 6.29 Å². The van der Waals surface area contributed by atoms with E-state index in [0.29, 0.717) is 11.2 Å². The van der Waals surface area contributed by atoms with E-state index in [1.54, 1.807) is 0 Å². The first-order chi connectivity index (χ1) is 9.40. The van der Waals surface area contributed by atoms with Crippen LogP contribution in [0.3, 0.4) is 0 Å². The third-order valence-electron chi connectivity index (χ3n) is 2.72. The number of hydrogen-bond acceptors (Lipinski definition) is 2. The van der Waals surface area contributed by atoms with Crippen molar-refractivity contribution in [3.63, 3.8) is 0 Å². The Morgan fingerprint density at radius 3 is 2.25 bits per heavy atom. The Balaban J connectivity index is 2.38. The second-order valence-corrected chi connectivity index (χ2v) is 5.40. The number of carbonyl (C=O) groups is 1. The molecule has 0 amide bonds. The van der Waals surface area contributed by atoms with Crippen molar-refractivity contribution in [2.45, 2.75) is 22.9 Å². The van der Waals surface area contributed by atoms with Crippen LogP contribution in [-0.2, 0) is 6.18 Å². The summed E-state index contributed by atoms with van der Waals surface area (Å²) in [6.45, 7) is 1.93. The molecule has 2 rings (SSSR count). The molecule has 0 spiro atoms. The number of aryl methyl sites for hydroxylation is 1. The van der Waals surface area contributed by atoms with Gasteiger partial charge in [-0.1, -0.05) is 29.5 Å².